The lowest BCUT2D eigenvalue weighted by Gasteiger charge is -2.15. The molecule has 0 heterocycles. The van der Waals surface area contributed by atoms with E-state index >= 15 is 0 Å². The number of methoxy groups -OCH3 is 2. The van der Waals surface area contributed by atoms with Crippen molar-refractivity contribution in [3.05, 3.63) is 53.1 Å². The molecule has 0 bridgehead atoms. The summed E-state index contributed by atoms with van der Waals surface area (Å²) in [5.74, 6) is -0.111. The first-order valence-electron chi connectivity index (χ1n) is 8.16. The Bertz CT molecular complexity index is 794. The molecule has 0 aliphatic heterocycles. The number of ether oxygens (including phenoxy) is 3. The van der Waals surface area contributed by atoms with Crippen molar-refractivity contribution in [3.63, 3.8) is 0 Å². The molecule has 26 heavy (non-hydrogen) atoms. The Balaban J connectivity index is 2.08. The molecule has 0 aliphatic rings. The van der Waals surface area contributed by atoms with E-state index in [1.54, 1.807) is 6.07 Å². The minimum absolute atomic E-state index is 0.243. The van der Waals surface area contributed by atoms with E-state index in [0.29, 0.717) is 17.2 Å². The molecule has 0 radical (unpaired) electrons. The summed E-state index contributed by atoms with van der Waals surface area (Å²) in [6, 6.07) is 10.5. The first kappa shape index (κ1) is 19.3. The second-order valence-electron chi connectivity index (χ2n) is 5.96. The third-order valence-corrected chi connectivity index (χ3v) is 3.89. The number of rotatable bonds is 6. The second-order valence-corrected chi connectivity index (χ2v) is 5.96. The molecule has 1 amide bonds. The Morgan fingerprint density at radius 1 is 0.962 bits per heavy atom. The monoisotopic (exact) mass is 357 g/mol. The van der Waals surface area contributed by atoms with Crippen LogP contribution in [-0.4, -0.2) is 32.2 Å². The lowest BCUT2D eigenvalue weighted by atomic mass is 10.1. The molecular formula is C20H23NO5. The molecule has 0 aromatic heterocycles. The number of esters is 1. The van der Waals surface area contributed by atoms with Crippen LogP contribution in [0, 0.1) is 13.8 Å². The van der Waals surface area contributed by atoms with Crippen LogP contribution in [0.2, 0.25) is 0 Å². The largest absolute Gasteiger partial charge is 0.497 e. The van der Waals surface area contributed by atoms with E-state index in [9.17, 15) is 9.59 Å². The minimum atomic E-state index is -0.959. The van der Waals surface area contributed by atoms with E-state index in [-0.39, 0.29) is 5.56 Å². The number of anilines is 1. The number of hydrogen-bond donors (Lipinski definition) is 1. The van der Waals surface area contributed by atoms with E-state index < -0.39 is 18.0 Å². The maximum absolute atomic E-state index is 12.4. The Labute approximate surface area is 153 Å². The standard InChI is InChI=1S/C20H23NO5/c1-12-6-7-13(2)18(8-12)21-19(22)14(3)26-20(23)15-9-16(24-4)11-17(10-15)25-5/h6-11,14H,1-5H3,(H,21,22). The van der Waals surface area contributed by atoms with Gasteiger partial charge >= 0.3 is 5.97 Å². The third-order valence-electron chi connectivity index (χ3n) is 3.89. The van der Waals surface area contributed by atoms with Gasteiger partial charge in [0.1, 0.15) is 11.5 Å². The van der Waals surface area contributed by atoms with E-state index in [0.717, 1.165) is 11.1 Å². The molecule has 2 aromatic rings. The Morgan fingerprint density at radius 2 is 1.58 bits per heavy atom. The molecule has 1 unspecified atom stereocenters. The van der Waals surface area contributed by atoms with Crippen molar-refractivity contribution in [1.29, 1.82) is 0 Å². The van der Waals surface area contributed by atoms with Crippen molar-refractivity contribution in [2.24, 2.45) is 0 Å². The van der Waals surface area contributed by atoms with Gasteiger partial charge in [0.05, 0.1) is 19.8 Å². The summed E-state index contributed by atoms with van der Waals surface area (Å²) in [7, 11) is 2.98. The smallest absolute Gasteiger partial charge is 0.339 e. The Hall–Kier alpha value is -3.02. The number of carbonyl (C=O) groups excluding carboxylic acids is 2. The van der Waals surface area contributed by atoms with Crippen molar-refractivity contribution in [2.75, 3.05) is 19.5 Å². The molecule has 138 valence electrons. The molecule has 0 saturated carbocycles. The molecule has 0 aliphatic carbocycles. The summed E-state index contributed by atoms with van der Waals surface area (Å²) in [6.45, 7) is 5.36. The maximum Gasteiger partial charge on any atom is 0.339 e. The molecule has 0 fully saturated rings. The number of nitrogens with one attached hydrogen (secondary N) is 1. The summed E-state index contributed by atoms with van der Waals surface area (Å²) in [5.41, 5.74) is 2.90. The second kappa shape index (κ2) is 8.38. The summed E-state index contributed by atoms with van der Waals surface area (Å²) in [5, 5.41) is 2.79. The molecule has 6 heteroatoms. The van der Waals surface area contributed by atoms with Gasteiger partial charge in [-0.05, 0) is 50.1 Å². The van der Waals surface area contributed by atoms with Gasteiger partial charge in [0, 0.05) is 11.8 Å². The average Bonchev–Trinajstić information content (AvgIpc) is 2.63. The van der Waals surface area contributed by atoms with Crippen molar-refractivity contribution in [1.82, 2.24) is 0 Å². The lowest BCUT2D eigenvalue weighted by Crippen LogP contribution is -2.30. The first-order chi connectivity index (χ1) is 12.3. The quantitative estimate of drug-likeness (QED) is 0.801. The van der Waals surface area contributed by atoms with Gasteiger partial charge in [-0.15, -0.1) is 0 Å². The van der Waals surface area contributed by atoms with Crippen LogP contribution in [0.4, 0.5) is 5.69 Å². The van der Waals surface area contributed by atoms with Gasteiger partial charge in [0.25, 0.3) is 5.91 Å². The number of benzene rings is 2. The van der Waals surface area contributed by atoms with Crippen molar-refractivity contribution in [3.8, 4) is 11.5 Å². The van der Waals surface area contributed by atoms with Gasteiger partial charge in [-0.25, -0.2) is 4.79 Å². The Kier molecular flexibility index (Phi) is 6.22. The van der Waals surface area contributed by atoms with Gasteiger partial charge in [-0.2, -0.15) is 0 Å². The van der Waals surface area contributed by atoms with E-state index in [2.05, 4.69) is 5.32 Å². The number of aryl methyl sites for hydroxylation is 2. The SMILES string of the molecule is COc1cc(OC)cc(C(=O)OC(C)C(=O)Nc2cc(C)ccc2C)c1. The fraction of sp³-hybridized carbons (Fsp3) is 0.300. The van der Waals surface area contributed by atoms with Crippen molar-refractivity contribution < 1.29 is 23.8 Å². The summed E-state index contributed by atoms with van der Waals surface area (Å²) < 4.78 is 15.5. The molecular weight excluding hydrogens is 334 g/mol. The summed E-state index contributed by atoms with van der Waals surface area (Å²) in [6.07, 6.45) is -0.959. The fourth-order valence-corrected chi connectivity index (χ4v) is 2.31. The third kappa shape index (κ3) is 4.75. The predicted octanol–water partition coefficient (Wildman–Crippen LogP) is 3.50. The highest BCUT2D eigenvalue weighted by Gasteiger charge is 2.20. The van der Waals surface area contributed by atoms with Gasteiger partial charge in [-0.3, -0.25) is 4.79 Å². The summed E-state index contributed by atoms with van der Waals surface area (Å²) in [4.78, 5) is 24.7. The maximum atomic E-state index is 12.4. The number of amides is 1. The van der Waals surface area contributed by atoms with Gasteiger partial charge in [-0.1, -0.05) is 12.1 Å². The molecule has 2 rings (SSSR count). The molecule has 0 saturated heterocycles. The Morgan fingerprint density at radius 3 is 2.15 bits per heavy atom. The van der Waals surface area contributed by atoms with E-state index in [4.69, 9.17) is 14.2 Å². The topological polar surface area (TPSA) is 73.9 Å². The first-order valence-corrected chi connectivity index (χ1v) is 8.16. The normalized spacial score (nSPS) is 11.4. The summed E-state index contributed by atoms with van der Waals surface area (Å²) >= 11 is 0. The fourth-order valence-electron chi connectivity index (χ4n) is 2.31. The van der Waals surface area contributed by atoms with Gasteiger partial charge in [0.2, 0.25) is 0 Å². The minimum Gasteiger partial charge on any atom is -0.497 e. The zero-order chi connectivity index (χ0) is 19.3. The highest BCUT2D eigenvalue weighted by Crippen LogP contribution is 2.23. The average molecular weight is 357 g/mol. The van der Waals surface area contributed by atoms with Gasteiger partial charge in [0.15, 0.2) is 6.10 Å². The predicted molar refractivity (Wildman–Crippen MR) is 99.0 cm³/mol. The van der Waals surface area contributed by atoms with E-state index in [1.807, 2.05) is 32.0 Å². The van der Waals surface area contributed by atoms with Crippen LogP contribution in [0.1, 0.15) is 28.4 Å². The molecule has 6 nitrogen and oxygen atoms in total. The van der Waals surface area contributed by atoms with Crippen LogP contribution < -0.4 is 14.8 Å². The van der Waals surface area contributed by atoms with Crippen molar-refractivity contribution >= 4 is 17.6 Å². The number of hydrogen-bond acceptors (Lipinski definition) is 5. The van der Waals surface area contributed by atoms with E-state index in [1.165, 1.54) is 33.3 Å². The zero-order valence-electron chi connectivity index (χ0n) is 15.6. The highest BCUT2D eigenvalue weighted by atomic mass is 16.5. The van der Waals surface area contributed by atoms with Crippen LogP contribution in [0.25, 0.3) is 0 Å². The van der Waals surface area contributed by atoms with Gasteiger partial charge < -0.3 is 19.5 Å². The van der Waals surface area contributed by atoms with Crippen LogP contribution in [-0.2, 0) is 9.53 Å². The van der Waals surface area contributed by atoms with Crippen LogP contribution >= 0.6 is 0 Å². The highest BCUT2D eigenvalue weighted by molar-refractivity contribution is 5.98. The van der Waals surface area contributed by atoms with Crippen LogP contribution in [0.15, 0.2) is 36.4 Å². The van der Waals surface area contributed by atoms with Crippen LogP contribution in [0.5, 0.6) is 11.5 Å². The molecule has 0 spiro atoms. The molecule has 1 N–H and O–H groups in total. The molecule has 1 atom stereocenters. The van der Waals surface area contributed by atoms with Crippen LogP contribution in [0.3, 0.4) is 0 Å². The van der Waals surface area contributed by atoms with Crippen molar-refractivity contribution in [2.45, 2.75) is 26.9 Å². The molecule has 2 aromatic carbocycles. The lowest BCUT2D eigenvalue weighted by molar-refractivity contribution is -0.123. The number of carbonyl (C=O) groups is 2. The zero-order valence-corrected chi connectivity index (χ0v) is 15.6.